The van der Waals surface area contributed by atoms with Gasteiger partial charge in [0, 0.05) is 31.0 Å². The molecule has 2 rings (SSSR count). The van der Waals surface area contributed by atoms with Crippen LogP contribution < -0.4 is 0 Å². The second kappa shape index (κ2) is 7.59. The standard InChI is InChI=1S/C17H14F3N3O/c18-17(19,20)15-6-4-14(5-7-15)16(24)23(10-2-8-21)12-13-3-1-9-22-11-13/h1,3-7,9,11H,2,10,12H2. The van der Waals surface area contributed by atoms with Gasteiger partial charge in [-0.05, 0) is 35.9 Å². The summed E-state index contributed by atoms with van der Waals surface area (Å²) in [4.78, 5) is 17.9. The normalized spacial score (nSPS) is 10.9. The quantitative estimate of drug-likeness (QED) is 0.839. The first kappa shape index (κ1) is 17.5. The highest BCUT2D eigenvalue weighted by Gasteiger charge is 2.30. The Morgan fingerprint density at radius 2 is 1.92 bits per heavy atom. The zero-order valence-corrected chi connectivity index (χ0v) is 12.6. The van der Waals surface area contributed by atoms with E-state index in [0.29, 0.717) is 0 Å². The molecule has 0 N–H and O–H groups in total. The largest absolute Gasteiger partial charge is 0.416 e. The molecule has 24 heavy (non-hydrogen) atoms. The number of carbonyl (C=O) groups excluding carboxylic acids is 1. The van der Waals surface area contributed by atoms with Crippen molar-refractivity contribution >= 4 is 5.91 Å². The molecule has 0 aliphatic carbocycles. The van der Waals surface area contributed by atoms with Crippen LogP contribution in [-0.4, -0.2) is 22.3 Å². The maximum Gasteiger partial charge on any atom is 0.416 e. The Bertz CT molecular complexity index is 721. The van der Waals surface area contributed by atoms with E-state index >= 15 is 0 Å². The Balaban J connectivity index is 2.19. The molecule has 0 bridgehead atoms. The van der Waals surface area contributed by atoms with E-state index < -0.39 is 17.6 Å². The molecule has 0 aliphatic rings. The Morgan fingerprint density at radius 3 is 2.46 bits per heavy atom. The van der Waals surface area contributed by atoms with Crippen molar-refractivity contribution in [1.82, 2.24) is 9.88 Å². The fourth-order valence-corrected chi connectivity index (χ4v) is 2.13. The number of hydrogen-bond donors (Lipinski definition) is 0. The van der Waals surface area contributed by atoms with E-state index in [9.17, 15) is 18.0 Å². The minimum Gasteiger partial charge on any atom is -0.333 e. The van der Waals surface area contributed by atoms with E-state index in [1.807, 2.05) is 6.07 Å². The summed E-state index contributed by atoms with van der Waals surface area (Å²) in [6.07, 6.45) is -1.12. The van der Waals surface area contributed by atoms with Gasteiger partial charge in [0.15, 0.2) is 0 Å². The maximum atomic E-state index is 12.6. The van der Waals surface area contributed by atoms with Gasteiger partial charge in [-0.15, -0.1) is 0 Å². The predicted molar refractivity (Wildman–Crippen MR) is 80.7 cm³/mol. The summed E-state index contributed by atoms with van der Waals surface area (Å²) in [6, 6.07) is 9.51. The second-order valence-electron chi connectivity index (χ2n) is 5.07. The molecular weight excluding hydrogens is 319 g/mol. The van der Waals surface area contributed by atoms with Crippen LogP contribution in [0.25, 0.3) is 0 Å². The number of pyridine rings is 1. The van der Waals surface area contributed by atoms with Gasteiger partial charge in [-0.25, -0.2) is 0 Å². The van der Waals surface area contributed by atoms with Crippen LogP contribution in [0.4, 0.5) is 13.2 Å². The van der Waals surface area contributed by atoms with E-state index in [4.69, 9.17) is 5.26 Å². The van der Waals surface area contributed by atoms with Gasteiger partial charge >= 0.3 is 6.18 Å². The Labute approximate surface area is 137 Å². The van der Waals surface area contributed by atoms with Gasteiger partial charge < -0.3 is 4.90 Å². The molecule has 1 heterocycles. The van der Waals surface area contributed by atoms with E-state index in [-0.39, 0.29) is 25.1 Å². The van der Waals surface area contributed by atoms with Gasteiger partial charge in [0.2, 0.25) is 0 Å². The topological polar surface area (TPSA) is 57.0 Å². The third-order valence-corrected chi connectivity index (χ3v) is 3.34. The van der Waals surface area contributed by atoms with Crippen molar-refractivity contribution in [2.75, 3.05) is 6.54 Å². The molecule has 0 atom stereocenters. The number of amides is 1. The van der Waals surface area contributed by atoms with Crippen LogP contribution in [0.1, 0.15) is 27.9 Å². The molecule has 7 heteroatoms. The second-order valence-corrected chi connectivity index (χ2v) is 5.07. The number of carbonyl (C=O) groups is 1. The van der Waals surface area contributed by atoms with Gasteiger partial charge in [-0.2, -0.15) is 18.4 Å². The summed E-state index contributed by atoms with van der Waals surface area (Å²) in [7, 11) is 0. The molecule has 0 aliphatic heterocycles. The number of alkyl halides is 3. The number of hydrogen-bond acceptors (Lipinski definition) is 3. The van der Waals surface area contributed by atoms with E-state index in [1.54, 1.807) is 24.5 Å². The average molecular weight is 333 g/mol. The SMILES string of the molecule is N#CCCN(Cc1cccnc1)C(=O)c1ccc(C(F)(F)F)cc1. The van der Waals surface area contributed by atoms with Crippen molar-refractivity contribution in [3.8, 4) is 6.07 Å². The maximum absolute atomic E-state index is 12.6. The highest BCUT2D eigenvalue weighted by Crippen LogP contribution is 2.29. The Kier molecular flexibility index (Phi) is 5.53. The van der Waals surface area contributed by atoms with Crippen LogP contribution in [0.15, 0.2) is 48.8 Å². The lowest BCUT2D eigenvalue weighted by atomic mass is 10.1. The number of nitrogens with zero attached hydrogens (tertiary/aromatic N) is 3. The summed E-state index contributed by atoms with van der Waals surface area (Å²) in [5.74, 6) is -0.428. The van der Waals surface area contributed by atoms with Crippen molar-refractivity contribution in [1.29, 1.82) is 5.26 Å². The molecule has 0 saturated heterocycles. The summed E-state index contributed by atoms with van der Waals surface area (Å²) in [5.41, 5.74) is 0.107. The number of rotatable bonds is 5. The van der Waals surface area contributed by atoms with Gasteiger partial charge in [-0.1, -0.05) is 6.07 Å². The van der Waals surface area contributed by atoms with Crippen LogP contribution in [0.3, 0.4) is 0 Å². The third-order valence-electron chi connectivity index (χ3n) is 3.34. The summed E-state index contributed by atoms with van der Waals surface area (Å²) in [5, 5.41) is 8.73. The molecular formula is C17H14F3N3O. The van der Waals surface area contributed by atoms with Crippen LogP contribution in [0.2, 0.25) is 0 Å². The Morgan fingerprint density at radius 1 is 1.21 bits per heavy atom. The number of nitriles is 1. The van der Waals surface area contributed by atoms with E-state index in [2.05, 4.69) is 4.98 Å². The first-order chi connectivity index (χ1) is 11.4. The monoisotopic (exact) mass is 333 g/mol. The smallest absolute Gasteiger partial charge is 0.333 e. The lowest BCUT2D eigenvalue weighted by Crippen LogP contribution is -2.31. The zero-order valence-electron chi connectivity index (χ0n) is 12.6. The van der Waals surface area contributed by atoms with Crippen molar-refractivity contribution in [3.05, 3.63) is 65.5 Å². The molecule has 124 valence electrons. The first-order valence-electron chi connectivity index (χ1n) is 7.14. The van der Waals surface area contributed by atoms with Crippen molar-refractivity contribution in [2.45, 2.75) is 19.1 Å². The highest BCUT2D eigenvalue weighted by molar-refractivity contribution is 5.94. The molecule has 1 aromatic heterocycles. The predicted octanol–water partition coefficient (Wildman–Crippen LogP) is 3.66. The number of halogens is 3. The van der Waals surface area contributed by atoms with Gasteiger partial charge in [-0.3, -0.25) is 9.78 Å². The fraction of sp³-hybridized carbons (Fsp3) is 0.235. The van der Waals surface area contributed by atoms with Gasteiger partial charge in [0.25, 0.3) is 5.91 Å². The first-order valence-corrected chi connectivity index (χ1v) is 7.14. The third kappa shape index (κ3) is 4.56. The lowest BCUT2D eigenvalue weighted by Gasteiger charge is -2.22. The molecule has 1 aromatic carbocycles. The summed E-state index contributed by atoms with van der Waals surface area (Å²) in [6.45, 7) is 0.417. The van der Waals surface area contributed by atoms with Gasteiger partial charge in [0.1, 0.15) is 0 Å². The Hall–Kier alpha value is -2.88. The van der Waals surface area contributed by atoms with Crippen molar-refractivity contribution in [2.24, 2.45) is 0 Å². The highest BCUT2D eigenvalue weighted by atomic mass is 19.4. The number of aromatic nitrogens is 1. The molecule has 0 fully saturated rings. The van der Waals surface area contributed by atoms with Gasteiger partial charge in [0.05, 0.1) is 18.1 Å². The van der Waals surface area contributed by atoms with Crippen LogP contribution in [0.5, 0.6) is 0 Å². The minimum absolute atomic E-state index is 0.132. The molecule has 4 nitrogen and oxygen atoms in total. The minimum atomic E-state index is -4.45. The van der Waals surface area contributed by atoms with Crippen LogP contribution in [0, 0.1) is 11.3 Å². The van der Waals surface area contributed by atoms with E-state index in [1.165, 1.54) is 4.90 Å². The van der Waals surface area contributed by atoms with Crippen molar-refractivity contribution < 1.29 is 18.0 Å². The summed E-state index contributed by atoms with van der Waals surface area (Å²) < 4.78 is 37.8. The molecule has 0 saturated carbocycles. The number of benzene rings is 1. The lowest BCUT2D eigenvalue weighted by molar-refractivity contribution is -0.137. The molecule has 1 amide bonds. The molecule has 0 unspecified atom stereocenters. The fourth-order valence-electron chi connectivity index (χ4n) is 2.13. The average Bonchev–Trinajstić information content (AvgIpc) is 2.58. The molecule has 0 spiro atoms. The van der Waals surface area contributed by atoms with E-state index in [0.717, 1.165) is 29.8 Å². The summed E-state index contributed by atoms with van der Waals surface area (Å²) >= 11 is 0. The molecule has 0 radical (unpaired) electrons. The zero-order chi connectivity index (χ0) is 17.6. The van der Waals surface area contributed by atoms with Crippen LogP contribution in [-0.2, 0) is 12.7 Å². The molecule has 2 aromatic rings. The van der Waals surface area contributed by atoms with Crippen molar-refractivity contribution in [3.63, 3.8) is 0 Å². The van der Waals surface area contributed by atoms with Crippen LogP contribution >= 0.6 is 0 Å².